The number of carbonyl (C=O) groups is 1. The Bertz CT molecular complexity index is 194. The molecular formula is C15H28O. The van der Waals surface area contributed by atoms with Crippen LogP contribution in [0.15, 0.2) is 0 Å². The highest BCUT2D eigenvalue weighted by Gasteiger charge is 2.23. The molecule has 0 aromatic heterocycles. The Kier molecular flexibility index (Phi) is 6.75. The lowest BCUT2D eigenvalue weighted by Gasteiger charge is -2.23. The highest BCUT2D eigenvalue weighted by atomic mass is 16.1. The van der Waals surface area contributed by atoms with Crippen LogP contribution in [0.5, 0.6) is 0 Å². The lowest BCUT2D eigenvalue weighted by Crippen LogP contribution is -2.21. The molecule has 1 saturated carbocycles. The fourth-order valence-electron chi connectivity index (χ4n) is 2.28. The van der Waals surface area contributed by atoms with Gasteiger partial charge in [0.25, 0.3) is 0 Å². The molecule has 1 aliphatic rings. The molecule has 0 aromatic rings. The zero-order chi connectivity index (χ0) is 11.8. The minimum absolute atomic E-state index is 0.458. The maximum atomic E-state index is 11.6. The normalized spacial score (nSPS) is 18.1. The molecule has 0 amide bonds. The average molecular weight is 224 g/mol. The molecular weight excluding hydrogens is 196 g/mol. The number of Topliss-reactive ketones (excluding diaryl/α,β-unsaturated/α-hetero) is 1. The van der Waals surface area contributed by atoms with Crippen LogP contribution in [0.2, 0.25) is 0 Å². The van der Waals surface area contributed by atoms with Gasteiger partial charge in [-0.2, -0.15) is 0 Å². The molecule has 1 heteroatoms. The summed E-state index contributed by atoms with van der Waals surface area (Å²) in [5, 5.41) is 0. The molecule has 16 heavy (non-hydrogen) atoms. The molecule has 1 nitrogen and oxygen atoms in total. The summed E-state index contributed by atoms with van der Waals surface area (Å²) in [6, 6.07) is 0. The quantitative estimate of drug-likeness (QED) is 0.517. The van der Waals surface area contributed by atoms with E-state index in [1.807, 2.05) is 0 Å². The molecule has 1 atom stereocenters. The van der Waals surface area contributed by atoms with Crippen LogP contribution in [0, 0.1) is 11.8 Å². The van der Waals surface area contributed by atoms with Gasteiger partial charge < -0.3 is 0 Å². The van der Waals surface area contributed by atoms with Crippen molar-refractivity contribution in [2.24, 2.45) is 11.8 Å². The van der Waals surface area contributed by atoms with E-state index in [0.29, 0.717) is 11.7 Å². The Morgan fingerprint density at radius 3 is 2.44 bits per heavy atom. The first-order chi connectivity index (χ1) is 7.74. The third-order valence-electron chi connectivity index (χ3n) is 4.13. The van der Waals surface area contributed by atoms with E-state index in [1.54, 1.807) is 0 Å². The fourth-order valence-corrected chi connectivity index (χ4v) is 2.28. The second-order valence-corrected chi connectivity index (χ2v) is 5.56. The third kappa shape index (κ3) is 5.14. The summed E-state index contributed by atoms with van der Waals surface area (Å²) in [5.41, 5.74) is 0. The first-order valence-electron chi connectivity index (χ1n) is 7.26. The summed E-state index contributed by atoms with van der Waals surface area (Å²) in [7, 11) is 0. The van der Waals surface area contributed by atoms with Crippen molar-refractivity contribution in [1.29, 1.82) is 0 Å². The van der Waals surface area contributed by atoms with Gasteiger partial charge in [0.2, 0.25) is 0 Å². The van der Waals surface area contributed by atoms with Gasteiger partial charge in [-0.3, -0.25) is 4.79 Å². The van der Waals surface area contributed by atoms with Gasteiger partial charge >= 0.3 is 0 Å². The zero-order valence-electron chi connectivity index (χ0n) is 11.1. The Labute approximate surface area is 101 Å². The van der Waals surface area contributed by atoms with Gasteiger partial charge in [0.05, 0.1) is 0 Å². The monoisotopic (exact) mass is 224 g/mol. The van der Waals surface area contributed by atoms with Crippen LogP contribution in [0.3, 0.4) is 0 Å². The molecule has 94 valence electrons. The summed E-state index contributed by atoms with van der Waals surface area (Å²) in [5.74, 6) is 1.89. The van der Waals surface area contributed by atoms with Crippen molar-refractivity contribution in [3.8, 4) is 0 Å². The molecule has 0 saturated heterocycles. The third-order valence-corrected chi connectivity index (χ3v) is 4.13. The van der Waals surface area contributed by atoms with Crippen molar-refractivity contribution < 1.29 is 4.79 Å². The molecule has 0 aliphatic heterocycles. The van der Waals surface area contributed by atoms with Crippen molar-refractivity contribution in [3.63, 3.8) is 0 Å². The van der Waals surface area contributed by atoms with Gasteiger partial charge in [-0.1, -0.05) is 52.4 Å². The lowest BCUT2D eigenvalue weighted by atomic mass is 9.80. The molecule has 1 unspecified atom stereocenters. The molecule has 1 fully saturated rings. The summed E-state index contributed by atoms with van der Waals surface area (Å²) in [4.78, 5) is 11.6. The van der Waals surface area contributed by atoms with E-state index in [9.17, 15) is 4.79 Å². The fraction of sp³-hybridized carbons (Fsp3) is 0.933. The maximum Gasteiger partial charge on any atom is 0.135 e. The van der Waals surface area contributed by atoms with E-state index >= 15 is 0 Å². The number of hydrogen-bond donors (Lipinski definition) is 0. The largest absolute Gasteiger partial charge is 0.299 e. The Morgan fingerprint density at radius 2 is 1.88 bits per heavy atom. The zero-order valence-corrected chi connectivity index (χ0v) is 11.1. The Hall–Kier alpha value is -0.330. The van der Waals surface area contributed by atoms with Crippen molar-refractivity contribution in [2.45, 2.75) is 78.1 Å². The molecule has 1 rings (SSSR count). The van der Waals surface area contributed by atoms with Gasteiger partial charge in [0, 0.05) is 12.3 Å². The first-order valence-corrected chi connectivity index (χ1v) is 7.26. The first kappa shape index (κ1) is 13.7. The van der Waals surface area contributed by atoms with E-state index in [-0.39, 0.29) is 0 Å². The predicted octanol–water partition coefficient (Wildman–Crippen LogP) is 4.74. The number of carbonyl (C=O) groups excluding carboxylic acids is 1. The van der Waals surface area contributed by atoms with E-state index in [4.69, 9.17) is 0 Å². The van der Waals surface area contributed by atoms with E-state index in [0.717, 1.165) is 18.8 Å². The molecule has 0 bridgehead atoms. The molecule has 0 N–H and O–H groups in total. The van der Waals surface area contributed by atoms with Crippen LogP contribution in [-0.4, -0.2) is 5.78 Å². The topological polar surface area (TPSA) is 17.1 Å². The van der Waals surface area contributed by atoms with Crippen LogP contribution < -0.4 is 0 Å². The number of rotatable bonds is 9. The highest BCUT2D eigenvalue weighted by molar-refractivity contribution is 5.81. The predicted molar refractivity (Wildman–Crippen MR) is 69.5 cm³/mol. The van der Waals surface area contributed by atoms with Crippen molar-refractivity contribution in [3.05, 3.63) is 0 Å². The molecule has 1 aliphatic carbocycles. The van der Waals surface area contributed by atoms with Gasteiger partial charge in [-0.25, -0.2) is 0 Å². The summed E-state index contributed by atoms with van der Waals surface area (Å²) >= 11 is 0. The molecule has 0 spiro atoms. The van der Waals surface area contributed by atoms with Gasteiger partial charge in [0.15, 0.2) is 0 Å². The number of hydrogen-bond acceptors (Lipinski definition) is 1. The van der Waals surface area contributed by atoms with Crippen molar-refractivity contribution >= 4 is 5.78 Å². The smallest absolute Gasteiger partial charge is 0.135 e. The highest BCUT2D eigenvalue weighted by Crippen LogP contribution is 2.28. The van der Waals surface area contributed by atoms with Crippen LogP contribution in [0.4, 0.5) is 0 Å². The van der Waals surface area contributed by atoms with Crippen LogP contribution >= 0.6 is 0 Å². The van der Waals surface area contributed by atoms with Crippen LogP contribution in [-0.2, 0) is 4.79 Å². The average Bonchev–Trinajstić information content (AvgIpc) is 2.20. The van der Waals surface area contributed by atoms with Gasteiger partial charge in [-0.15, -0.1) is 0 Å². The van der Waals surface area contributed by atoms with Crippen LogP contribution in [0.25, 0.3) is 0 Å². The van der Waals surface area contributed by atoms with Crippen molar-refractivity contribution in [2.75, 3.05) is 0 Å². The number of ketones is 1. The SMILES string of the molecule is CCC(C)CCCCCCC(=O)C1CCC1. The van der Waals surface area contributed by atoms with Crippen LogP contribution in [0.1, 0.15) is 78.1 Å². The summed E-state index contributed by atoms with van der Waals surface area (Å²) in [6.45, 7) is 4.60. The summed E-state index contributed by atoms with van der Waals surface area (Å²) in [6.07, 6.45) is 12.2. The second-order valence-electron chi connectivity index (χ2n) is 5.56. The van der Waals surface area contributed by atoms with Gasteiger partial charge in [-0.05, 0) is 25.2 Å². The molecule has 0 heterocycles. The molecule has 0 aromatic carbocycles. The lowest BCUT2D eigenvalue weighted by molar-refractivity contribution is -0.125. The second kappa shape index (κ2) is 7.86. The van der Waals surface area contributed by atoms with E-state index in [1.165, 1.54) is 51.4 Å². The Balaban J connectivity index is 1.85. The molecule has 0 radical (unpaired) electrons. The standard InChI is InChI=1S/C15H28O/c1-3-13(2)9-6-4-5-7-12-15(16)14-10-8-11-14/h13-14H,3-12H2,1-2H3. The van der Waals surface area contributed by atoms with E-state index in [2.05, 4.69) is 13.8 Å². The van der Waals surface area contributed by atoms with Crippen molar-refractivity contribution in [1.82, 2.24) is 0 Å². The number of unbranched alkanes of at least 4 members (excludes halogenated alkanes) is 3. The Morgan fingerprint density at radius 1 is 1.19 bits per heavy atom. The minimum Gasteiger partial charge on any atom is -0.299 e. The minimum atomic E-state index is 0.458. The van der Waals surface area contributed by atoms with Gasteiger partial charge in [0.1, 0.15) is 5.78 Å². The van der Waals surface area contributed by atoms with E-state index < -0.39 is 0 Å². The maximum absolute atomic E-state index is 11.6. The summed E-state index contributed by atoms with van der Waals surface area (Å²) < 4.78 is 0.